The Kier molecular flexibility index (Phi) is 6.45. The molecule has 4 rings (SSSR count). The predicted molar refractivity (Wildman–Crippen MR) is 119 cm³/mol. The molecule has 2 aliphatic rings. The number of ether oxygens (including phenoxy) is 1. The number of piperidine rings is 1. The first kappa shape index (κ1) is 22.0. The summed E-state index contributed by atoms with van der Waals surface area (Å²) in [5, 5.41) is 3.51. The summed E-state index contributed by atoms with van der Waals surface area (Å²) in [7, 11) is -2.20. The van der Waals surface area contributed by atoms with Crippen LogP contribution in [0.2, 0.25) is 0 Å². The van der Waals surface area contributed by atoms with Gasteiger partial charge in [0, 0.05) is 23.9 Å². The fourth-order valence-electron chi connectivity index (χ4n) is 4.29. The van der Waals surface area contributed by atoms with Gasteiger partial charge in [0.15, 0.2) is 0 Å². The van der Waals surface area contributed by atoms with Crippen LogP contribution in [-0.4, -0.2) is 44.8 Å². The molecule has 0 saturated carbocycles. The number of carbonyl (C=O) groups is 2. The third-order valence-electron chi connectivity index (χ3n) is 6.00. The lowest BCUT2D eigenvalue weighted by atomic mass is 9.95. The van der Waals surface area contributed by atoms with Crippen molar-refractivity contribution in [3.05, 3.63) is 46.3 Å². The number of nitrogens with one attached hydrogen (secondary N) is 1. The lowest BCUT2D eigenvalue weighted by molar-refractivity contribution is -0.120. The summed E-state index contributed by atoms with van der Waals surface area (Å²) >= 11 is 1.46. The normalized spacial score (nSPS) is 17.7. The minimum atomic E-state index is -3.55. The number of methoxy groups -OCH3 is 1. The van der Waals surface area contributed by atoms with Gasteiger partial charge < -0.3 is 10.1 Å². The summed E-state index contributed by atoms with van der Waals surface area (Å²) in [6.07, 6.45) is 4.72. The van der Waals surface area contributed by atoms with E-state index in [4.69, 9.17) is 4.74 Å². The summed E-state index contributed by atoms with van der Waals surface area (Å²) < 4.78 is 32.0. The Hall–Kier alpha value is -2.23. The Balaban J connectivity index is 1.44. The van der Waals surface area contributed by atoms with Crippen LogP contribution in [0, 0.1) is 5.92 Å². The van der Waals surface area contributed by atoms with Gasteiger partial charge in [-0.3, -0.25) is 4.79 Å². The van der Waals surface area contributed by atoms with Crippen LogP contribution in [0.5, 0.6) is 0 Å². The Morgan fingerprint density at radius 2 is 1.77 bits per heavy atom. The fourth-order valence-corrected chi connectivity index (χ4v) is 7.06. The zero-order chi connectivity index (χ0) is 22.0. The molecule has 0 bridgehead atoms. The summed E-state index contributed by atoms with van der Waals surface area (Å²) in [6.45, 7) is 0.584. The van der Waals surface area contributed by atoms with Gasteiger partial charge in [0.25, 0.3) is 0 Å². The molecular formula is C22H26N2O5S2. The second-order valence-electron chi connectivity index (χ2n) is 7.89. The number of hydrogen-bond acceptors (Lipinski definition) is 6. The van der Waals surface area contributed by atoms with Crippen LogP contribution < -0.4 is 5.32 Å². The minimum absolute atomic E-state index is 0.166. The van der Waals surface area contributed by atoms with E-state index < -0.39 is 16.0 Å². The van der Waals surface area contributed by atoms with E-state index >= 15 is 0 Å². The highest BCUT2D eigenvalue weighted by atomic mass is 32.2. The van der Waals surface area contributed by atoms with E-state index in [1.54, 1.807) is 30.3 Å². The second-order valence-corrected chi connectivity index (χ2v) is 10.9. The predicted octanol–water partition coefficient (Wildman–Crippen LogP) is 3.45. The number of sulfonamides is 1. The van der Waals surface area contributed by atoms with Gasteiger partial charge in [-0.1, -0.05) is 18.2 Å². The maximum absolute atomic E-state index is 12.9. The Bertz CT molecular complexity index is 1070. The van der Waals surface area contributed by atoms with Crippen LogP contribution in [0.15, 0.2) is 35.2 Å². The number of amides is 1. The van der Waals surface area contributed by atoms with Gasteiger partial charge in [0.2, 0.25) is 15.9 Å². The van der Waals surface area contributed by atoms with Crippen LogP contribution in [0.4, 0.5) is 5.00 Å². The standard InChI is InChI=1S/C22H26N2O5S2/c1-29-22(26)19-17-9-5-6-10-18(17)30-21(19)23-20(25)15-11-13-24(14-12-15)31(27,28)16-7-3-2-4-8-16/h2-4,7-8,15H,5-6,9-14H2,1H3,(H,23,25). The highest BCUT2D eigenvalue weighted by molar-refractivity contribution is 7.89. The quantitative estimate of drug-likeness (QED) is 0.687. The number of esters is 1. The molecule has 9 heteroatoms. The molecule has 1 amide bonds. The molecule has 1 aromatic heterocycles. The number of thiophene rings is 1. The van der Waals surface area contributed by atoms with Gasteiger partial charge in [0.05, 0.1) is 17.6 Å². The molecule has 31 heavy (non-hydrogen) atoms. The van der Waals surface area contributed by atoms with Crippen molar-refractivity contribution in [2.45, 2.75) is 43.4 Å². The number of hydrogen-bond donors (Lipinski definition) is 1. The average molecular weight is 463 g/mol. The van der Waals surface area contributed by atoms with Gasteiger partial charge in [-0.25, -0.2) is 13.2 Å². The highest BCUT2D eigenvalue weighted by Crippen LogP contribution is 2.39. The van der Waals surface area contributed by atoms with E-state index in [9.17, 15) is 18.0 Å². The molecule has 0 radical (unpaired) electrons. The minimum Gasteiger partial charge on any atom is -0.465 e. The van der Waals surface area contributed by atoms with Gasteiger partial charge >= 0.3 is 5.97 Å². The van der Waals surface area contributed by atoms with Crippen LogP contribution in [0.25, 0.3) is 0 Å². The largest absolute Gasteiger partial charge is 0.465 e. The smallest absolute Gasteiger partial charge is 0.341 e. The first-order valence-corrected chi connectivity index (χ1v) is 12.8. The molecule has 1 fully saturated rings. The zero-order valence-corrected chi connectivity index (χ0v) is 19.1. The van der Waals surface area contributed by atoms with Crippen LogP contribution in [-0.2, 0) is 32.4 Å². The molecule has 1 aliphatic carbocycles. The van der Waals surface area contributed by atoms with Crippen LogP contribution in [0.3, 0.4) is 0 Å². The van der Waals surface area contributed by atoms with Crippen molar-refractivity contribution >= 4 is 38.2 Å². The SMILES string of the molecule is COC(=O)c1c(NC(=O)C2CCN(S(=O)(=O)c3ccccc3)CC2)sc2c1CCCC2. The number of carbonyl (C=O) groups excluding carboxylic acids is 2. The maximum atomic E-state index is 12.9. The van der Waals surface area contributed by atoms with E-state index in [0.29, 0.717) is 36.5 Å². The molecule has 2 heterocycles. The number of aryl methyl sites for hydroxylation is 1. The summed E-state index contributed by atoms with van der Waals surface area (Å²) in [5.74, 6) is -0.883. The summed E-state index contributed by atoms with van der Waals surface area (Å²) in [4.78, 5) is 26.7. The van der Waals surface area contributed by atoms with Crippen molar-refractivity contribution in [2.75, 3.05) is 25.5 Å². The fraction of sp³-hybridized carbons (Fsp3) is 0.455. The van der Waals surface area contributed by atoms with Crippen molar-refractivity contribution < 1.29 is 22.7 Å². The molecule has 2 aromatic rings. The summed E-state index contributed by atoms with van der Waals surface area (Å²) in [6, 6.07) is 8.35. The first-order chi connectivity index (χ1) is 14.9. The van der Waals surface area contributed by atoms with Crippen molar-refractivity contribution in [1.29, 1.82) is 0 Å². The van der Waals surface area contributed by atoms with Gasteiger partial charge in [0.1, 0.15) is 5.00 Å². The topological polar surface area (TPSA) is 92.8 Å². The third-order valence-corrected chi connectivity index (χ3v) is 9.12. The second kappa shape index (κ2) is 9.10. The number of rotatable bonds is 5. The van der Waals surface area contributed by atoms with Crippen LogP contribution >= 0.6 is 11.3 Å². The number of fused-ring (bicyclic) bond motifs is 1. The van der Waals surface area contributed by atoms with Crippen molar-refractivity contribution in [2.24, 2.45) is 5.92 Å². The molecule has 1 aliphatic heterocycles. The van der Waals surface area contributed by atoms with Crippen LogP contribution in [0.1, 0.15) is 46.5 Å². The third kappa shape index (κ3) is 4.40. The van der Waals surface area contributed by atoms with Crippen molar-refractivity contribution in [1.82, 2.24) is 4.31 Å². The molecule has 0 unspecified atom stereocenters. The Morgan fingerprint density at radius 1 is 1.10 bits per heavy atom. The Morgan fingerprint density at radius 3 is 2.45 bits per heavy atom. The van der Waals surface area contributed by atoms with Gasteiger partial charge in [-0.05, 0) is 56.2 Å². The molecule has 166 valence electrons. The zero-order valence-electron chi connectivity index (χ0n) is 17.4. The van der Waals surface area contributed by atoms with Crippen molar-refractivity contribution in [3.63, 3.8) is 0 Å². The molecule has 1 aromatic carbocycles. The average Bonchev–Trinajstić information content (AvgIpc) is 3.17. The van der Waals surface area contributed by atoms with E-state index in [2.05, 4.69) is 5.32 Å². The lowest BCUT2D eigenvalue weighted by Crippen LogP contribution is -2.41. The van der Waals surface area contributed by atoms with E-state index in [1.165, 1.54) is 22.8 Å². The first-order valence-electron chi connectivity index (χ1n) is 10.5. The molecule has 1 saturated heterocycles. The van der Waals surface area contributed by atoms with Gasteiger partial charge in [-0.2, -0.15) is 4.31 Å². The number of nitrogens with zero attached hydrogens (tertiary/aromatic N) is 1. The molecular weight excluding hydrogens is 436 g/mol. The van der Waals surface area contributed by atoms with Crippen molar-refractivity contribution in [3.8, 4) is 0 Å². The molecule has 0 atom stereocenters. The summed E-state index contributed by atoms with van der Waals surface area (Å²) in [5.41, 5.74) is 1.49. The molecule has 1 N–H and O–H groups in total. The van der Waals surface area contributed by atoms with E-state index in [-0.39, 0.29) is 16.7 Å². The molecule has 7 nitrogen and oxygen atoms in total. The maximum Gasteiger partial charge on any atom is 0.341 e. The van der Waals surface area contributed by atoms with E-state index in [0.717, 1.165) is 36.1 Å². The van der Waals surface area contributed by atoms with Gasteiger partial charge in [-0.15, -0.1) is 11.3 Å². The Labute approximate surface area is 186 Å². The number of anilines is 1. The lowest BCUT2D eigenvalue weighted by Gasteiger charge is -2.30. The number of benzene rings is 1. The highest BCUT2D eigenvalue weighted by Gasteiger charge is 2.33. The van der Waals surface area contributed by atoms with E-state index in [1.807, 2.05) is 0 Å². The molecule has 0 spiro atoms. The monoisotopic (exact) mass is 462 g/mol.